The van der Waals surface area contributed by atoms with Gasteiger partial charge in [-0.15, -0.1) is 0 Å². The van der Waals surface area contributed by atoms with Crippen molar-refractivity contribution in [2.75, 3.05) is 31.6 Å². The minimum atomic E-state index is 0.292. The lowest BCUT2D eigenvalue weighted by Crippen LogP contribution is -2.46. The first-order valence-corrected chi connectivity index (χ1v) is 12.3. The molecule has 1 N–H and O–H groups in total. The van der Waals surface area contributed by atoms with E-state index < -0.39 is 0 Å². The average Bonchev–Trinajstić information content (AvgIpc) is 3.31. The van der Waals surface area contributed by atoms with Gasteiger partial charge in [0.25, 0.3) is 0 Å². The predicted octanol–water partition coefficient (Wildman–Crippen LogP) is 3.78. The van der Waals surface area contributed by atoms with Crippen LogP contribution >= 0.6 is 0 Å². The normalized spacial score (nSPS) is 20.6. The molecule has 1 saturated heterocycles. The Balaban J connectivity index is 1.24. The molecule has 0 radical (unpaired) electrons. The van der Waals surface area contributed by atoms with Gasteiger partial charge in [0.2, 0.25) is 5.95 Å². The first kappa shape index (κ1) is 21.3. The van der Waals surface area contributed by atoms with E-state index in [1.807, 2.05) is 18.5 Å². The minimum absolute atomic E-state index is 0.292. The molecule has 34 heavy (non-hydrogen) atoms. The molecule has 0 bridgehead atoms. The van der Waals surface area contributed by atoms with Crippen LogP contribution in [-0.2, 0) is 13.0 Å². The van der Waals surface area contributed by atoms with E-state index in [9.17, 15) is 0 Å². The third kappa shape index (κ3) is 4.06. The Labute approximate surface area is 200 Å². The standard InChI is InChI=1S/C27H31N7/c1-32(24-11-5-9-21-10-6-13-29-26(21)24)17-22-18-34-25(31-22)12-14-30-27(34)33-16-15-28-23(19-33)20-7-3-2-4-8-20/h2-4,6-8,10,12-14,18,23-24,28H,5,9,11,15-17,19H2,1H3/t23?,24-/m0/s1. The SMILES string of the molecule is CN(Cc1cn2c(N3CCNC(c4ccccc4)C3)nccc2n1)[C@H]1CCCc2cccnc21. The Morgan fingerprint density at radius 1 is 1.06 bits per heavy atom. The first-order valence-electron chi connectivity index (χ1n) is 12.3. The average molecular weight is 454 g/mol. The summed E-state index contributed by atoms with van der Waals surface area (Å²) in [6.45, 7) is 3.52. The maximum absolute atomic E-state index is 4.95. The number of piperazine rings is 1. The highest BCUT2D eigenvalue weighted by molar-refractivity contribution is 5.48. The third-order valence-corrected chi connectivity index (χ3v) is 7.18. The van der Waals surface area contributed by atoms with Gasteiger partial charge in [-0.25, -0.2) is 9.97 Å². The molecule has 4 heterocycles. The molecule has 1 aliphatic carbocycles. The summed E-state index contributed by atoms with van der Waals surface area (Å²) in [5.41, 5.74) is 5.95. The number of nitrogens with one attached hydrogen (secondary N) is 1. The maximum Gasteiger partial charge on any atom is 0.211 e. The van der Waals surface area contributed by atoms with Gasteiger partial charge in [0.15, 0.2) is 0 Å². The van der Waals surface area contributed by atoms with Gasteiger partial charge in [-0.2, -0.15) is 0 Å². The van der Waals surface area contributed by atoms with E-state index in [-0.39, 0.29) is 0 Å². The lowest BCUT2D eigenvalue weighted by Gasteiger charge is -2.34. The van der Waals surface area contributed by atoms with Crippen LogP contribution in [0.2, 0.25) is 0 Å². The van der Waals surface area contributed by atoms with Crippen LogP contribution in [0.25, 0.3) is 5.65 Å². The Morgan fingerprint density at radius 3 is 2.88 bits per heavy atom. The Morgan fingerprint density at radius 2 is 1.97 bits per heavy atom. The van der Waals surface area contributed by atoms with Gasteiger partial charge >= 0.3 is 0 Å². The van der Waals surface area contributed by atoms with E-state index in [1.165, 1.54) is 23.2 Å². The van der Waals surface area contributed by atoms with Gasteiger partial charge in [0, 0.05) is 50.8 Å². The molecule has 2 aliphatic rings. The summed E-state index contributed by atoms with van der Waals surface area (Å²) in [5.74, 6) is 0.964. The Bertz CT molecular complexity index is 1270. The molecular weight excluding hydrogens is 422 g/mol. The molecule has 7 nitrogen and oxygen atoms in total. The van der Waals surface area contributed by atoms with Crippen molar-refractivity contribution < 1.29 is 0 Å². The van der Waals surface area contributed by atoms with E-state index in [4.69, 9.17) is 15.0 Å². The van der Waals surface area contributed by atoms with Crippen molar-refractivity contribution >= 4 is 11.6 Å². The number of nitrogens with zero attached hydrogens (tertiary/aromatic N) is 6. The Hall–Kier alpha value is -3.29. The largest absolute Gasteiger partial charge is 0.339 e. The van der Waals surface area contributed by atoms with Crippen LogP contribution in [0.3, 0.4) is 0 Å². The summed E-state index contributed by atoms with van der Waals surface area (Å²) in [7, 11) is 2.19. The van der Waals surface area contributed by atoms with Crippen LogP contribution in [-0.4, -0.2) is 50.9 Å². The van der Waals surface area contributed by atoms with E-state index in [0.29, 0.717) is 12.1 Å². The molecule has 174 valence electrons. The fourth-order valence-corrected chi connectivity index (χ4v) is 5.49. The lowest BCUT2D eigenvalue weighted by molar-refractivity contribution is 0.206. The number of pyridine rings is 1. The van der Waals surface area contributed by atoms with E-state index in [2.05, 4.69) is 75.2 Å². The van der Waals surface area contributed by atoms with Crippen LogP contribution in [0.5, 0.6) is 0 Å². The number of fused-ring (bicyclic) bond motifs is 2. The maximum atomic E-state index is 4.95. The van der Waals surface area contributed by atoms with Gasteiger partial charge < -0.3 is 10.2 Å². The van der Waals surface area contributed by atoms with Crippen LogP contribution in [0, 0.1) is 0 Å². The number of anilines is 1. The highest BCUT2D eigenvalue weighted by Crippen LogP contribution is 2.32. The fourth-order valence-electron chi connectivity index (χ4n) is 5.49. The molecule has 4 aromatic rings. The second kappa shape index (κ2) is 9.16. The van der Waals surface area contributed by atoms with E-state index in [0.717, 1.165) is 56.3 Å². The van der Waals surface area contributed by atoms with Crippen molar-refractivity contribution in [2.24, 2.45) is 0 Å². The third-order valence-electron chi connectivity index (χ3n) is 7.18. The zero-order valence-corrected chi connectivity index (χ0v) is 19.6. The molecule has 6 rings (SSSR count). The summed E-state index contributed by atoms with van der Waals surface area (Å²) < 4.78 is 2.16. The molecule has 0 amide bonds. The molecule has 1 aliphatic heterocycles. The summed E-state index contributed by atoms with van der Waals surface area (Å²) in [4.78, 5) is 19.2. The van der Waals surface area contributed by atoms with Crippen LogP contribution in [0.1, 0.15) is 47.4 Å². The van der Waals surface area contributed by atoms with Gasteiger partial charge in [-0.1, -0.05) is 36.4 Å². The molecule has 7 heteroatoms. The van der Waals surface area contributed by atoms with Crippen LogP contribution in [0.15, 0.2) is 67.1 Å². The van der Waals surface area contributed by atoms with Gasteiger partial charge in [-0.05, 0) is 49.6 Å². The van der Waals surface area contributed by atoms with Crippen molar-refractivity contribution in [1.82, 2.24) is 29.6 Å². The molecule has 1 aromatic carbocycles. The molecule has 1 unspecified atom stereocenters. The fraction of sp³-hybridized carbons (Fsp3) is 0.370. The molecular formula is C27H31N7. The van der Waals surface area contributed by atoms with Crippen molar-refractivity contribution in [3.63, 3.8) is 0 Å². The monoisotopic (exact) mass is 453 g/mol. The van der Waals surface area contributed by atoms with Crippen molar-refractivity contribution in [3.05, 3.63) is 89.6 Å². The quantitative estimate of drug-likeness (QED) is 0.496. The van der Waals surface area contributed by atoms with Crippen molar-refractivity contribution in [3.8, 4) is 0 Å². The number of imidazole rings is 1. The predicted molar refractivity (Wildman–Crippen MR) is 134 cm³/mol. The van der Waals surface area contributed by atoms with Gasteiger partial charge in [-0.3, -0.25) is 14.3 Å². The summed E-state index contributed by atoms with van der Waals surface area (Å²) in [6.07, 6.45) is 9.44. The van der Waals surface area contributed by atoms with Crippen molar-refractivity contribution in [2.45, 2.75) is 37.9 Å². The first-order chi connectivity index (χ1) is 16.8. The van der Waals surface area contributed by atoms with Crippen LogP contribution < -0.4 is 10.2 Å². The van der Waals surface area contributed by atoms with E-state index in [1.54, 1.807) is 0 Å². The zero-order chi connectivity index (χ0) is 22.9. The molecule has 0 spiro atoms. The smallest absolute Gasteiger partial charge is 0.211 e. The highest BCUT2D eigenvalue weighted by Gasteiger charge is 2.26. The van der Waals surface area contributed by atoms with Crippen molar-refractivity contribution in [1.29, 1.82) is 0 Å². The number of hydrogen-bond acceptors (Lipinski definition) is 6. The number of benzene rings is 1. The van der Waals surface area contributed by atoms with Crippen LogP contribution in [0.4, 0.5) is 5.95 Å². The minimum Gasteiger partial charge on any atom is -0.339 e. The van der Waals surface area contributed by atoms with Gasteiger partial charge in [0.05, 0.1) is 17.4 Å². The van der Waals surface area contributed by atoms with E-state index >= 15 is 0 Å². The molecule has 3 aromatic heterocycles. The summed E-state index contributed by atoms with van der Waals surface area (Å²) in [6, 6.07) is 17.6. The number of aryl methyl sites for hydroxylation is 1. The second-order valence-corrected chi connectivity index (χ2v) is 9.44. The molecule has 0 saturated carbocycles. The zero-order valence-electron chi connectivity index (χ0n) is 19.6. The number of aromatic nitrogens is 4. The summed E-state index contributed by atoms with van der Waals surface area (Å²) >= 11 is 0. The molecule has 1 fully saturated rings. The number of rotatable bonds is 5. The lowest BCUT2D eigenvalue weighted by atomic mass is 9.91. The molecule has 2 atom stereocenters. The highest BCUT2D eigenvalue weighted by atomic mass is 15.3. The van der Waals surface area contributed by atoms with Gasteiger partial charge in [0.1, 0.15) is 5.65 Å². The second-order valence-electron chi connectivity index (χ2n) is 9.44. The Kier molecular flexibility index (Phi) is 5.73. The topological polar surface area (TPSA) is 61.6 Å². The summed E-state index contributed by atoms with van der Waals surface area (Å²) in [5, 5.41) is 3.65. The number of hydrogen-bond donors (Lipinski definition) is 1.